The summed E-state index contributed by atoms with van der Waals surface area (Å²) in [7, 11) is -10.0. The number of sulfonamides is 1. The van der Waals surface area contributed by atoms with Crippen LogP contribution in [0, 0.1) is 0 Å². The number of rotatable bonds is 9. The molecule has 0 atom stereocenters. The fourth-order valence-corrected chi connectivity index (χ4v) is 4.33. The van der Waals surface area contributed by atoms with Crippen molar-refractivity contribution in [3.05, 3.63) is 87.4 Å². The van der Waals surface area contributed by atoms with E-state index in [1.807, 2.05) is 4.72 Å². The Morgan fingerprint density at radius 3 is 1.94 bits per heavy atom. The third-order valence-corrected chi connectivity index (χ3v) is 6.57. The van der Waals surface area contributed by atoms with Gasteiger partial charge >= 0.3 is 0 Å². The normalized spacial score (nSPS) is 14.2. The topological polar surface area (TPSA) is 111 Å². The van der Waals surface area contributed by atoms with Gasteiger partial charge in [0.15, 0.2) is 0 Å². The number of hydrogen-bond acceptors (Lipinski definition) is 6. The molecule has 0 unspecified atom stereocenters. The molecule has 184 valence electrons. The zero-order chi connectivity index (χ0) is 30.6. The highest BCUT2D eigenvalue weighted by Gasteiger charge is 2.21. The van der Waals surface area contributed by atoms with Gasteiger partial charge in [-0.25, -0.2) is 13.1 Å². The lowest BCUT2D eigenvalue weighted by molar-refractivity contribution is 0.0948. The van der Waals surface area contributed by atoms with Gasteiger partial charge in [0, 0.05) is 16.6 Å². The fraction of sp³-hybridized carbons (Fsp3) is 0.167. The van der Waals surface area contributed by atoms with E-state index in [0.717, 1.165) is 12.1 Å². The van der Waals surface area contributed by atoms with Crippen LogP contribution in [-0.4, -0.2) is 40.9 Å². The maximum absolute atomic E-state index is 12.8. The van der Waals surface area contributed by atoms with Gasteiger partial charge in [-0.05, 0) is 60.5 Å². The predicted octanol–water partition coefficient (Wildman–Crippen LogP) is 4.10. The zero-order valence-electron chi connectivity index (χ0n) is 23.8. The quantitative estimate of drug-likeness (QED) is 0.392. The van der Waals surface area contributed by atoms with E-state index in [4.69, 9.17) is 40.9 Å². The van der Waals surface area contributed by atoms with E-state index in [-0.39, 0.29) is 45.0 Å². The van der Waals surface area contributed by atoms with Crippen LogP contribution in [0.2, 0.25) is 10.0 Å². The highest BCUT2D eigenvalue weighted by molar-refractivity contribution is 7.90. The van der Waals surface area contributed by atoms with Crippen LogP contribution in [0.15, 0.2) is 65.6 Å². The molecule has 3 aromatic carbocycles. The second-order valence-electron chi connectivity index (χ2n) is 7.07. The standard InChI is InChI=1S/C24H22Cl2N2O6S/c1-33-21-9-5-16(25)13-19(21)23(29)27-12-11-15-3-7-18(8-4-15)35(31,32)28-24(30)20-14-17(26)6-10-22(20)34-2/h3-10,13-14H,11-12H2,1-2H3,(H,27,29)(H,28,30)/i1+1D3,2+1D3. The van der Waals surface area contributed by atoms with Crippen LogP contribution < -0.4 is 19.5 Å². The third kappa shape index (κ3) is 6.66. The number of hydrogen-bond donors (Lipinski definition) is 2. The summed E-state index contributed by atoms with van der Waals surface area (Å²) in [5.41, 5.74) is 0.165. The molecule has 35 heavy (non-hydrogen) atoms. The molecule has 8 nitrogen and oxygen atoms in total. The van der Waals surface area contributed by atoms with Crippen molar-refractivity contribution in [3.8, 4) is 11.5 Å². The molecule has 3 aromatic rings. The van der Waals surface area contributed by atoms with Crippen molar-refractivity contribution in [2.24, 2.45) is 0 Å². The van der Waals surface area contributed by atoms with E-state index >= 15 is 0 Å². The van der Waals surface area contributed by atoms with E-state index in [1.165, 1.54) is 48.5 Å². The molecule has 2 N–H and O–H groups in total. The molecule has 0 aromatic heterocycles. The molecule has 0 fully saturated rings. The monoisotopic (exact) mass is 544 g/mol. The maximum atomic E-state index is 12.8. The lowest BCUT2D eigenvalue weighted by Crippen LogP contribution is -2.31. The Balaban J connectivity index is 1.65. The number of benzene rings is 3. The first-order valence-corrected chi connectivity index (χ1v) is 12.1. The van der Waals surface area contributed by atoms with Crippen LogP contribution in [0.1, 0.15) is 34.5 Å². The second-order valence-corrected chi connectivity index (χ2v) is 9.62. The minimum Gasteiger partial charge on any atom is -0.496 e. The summed E-state index contributed by atoms with van der Waals surface area (Å²) in [5.74, 6) is -2.33. The summed E-state index contributed by atoms with van der Waals surface area (Å²) >= 11 is 11.8. The summed E-state index contributed by atoms with van der Waals surface area (Å²) in [6.07, 6.45) is 0.271. The summed E-state index contributed by atoms with van der Waals surface area (Å²) in [5, 5.41) is 2.87. The lowest BCUT2D eigenvalue weighted by Gasteiger charge is -2.11. The van der Waals surface area contributed by atoms with Gasteiger partial charge in [-0.3, -0.25) is 9.59 Å². The Morgan fingerprint density at radius 1 is 0.857 bits per heavy atom. The number of carbonyl (C=O) groups excluding carboxylic acids is 2. The minimum absolute atomic E-state index is 0.0540. The molecule has 0 aliphatic heterocycles. The van der Waals surface area contributed by atoms with Gasteiger partial charge in [0.2, 0.25) is 0 Å². The summed E-state index contributed by atoms with van der Waals surface area (Å²) in [6.45, 7) is 0.0996. The fourth-order valence-electron chi connectivity index (χ4n) is 3.02. The Bertz CT molecular complexity index is 1550. The SMILES string of the molecule is [2H][13C]([2H])([2H])Oc1ccc(Cl)cc1C(=O)NCCc1ccc(S(=O)(=O)NC(=O)c2cc(Cl)ccc2O[13C]([2H])([2H])[2H])cc1. The van der Waals surface area contributed by atoms with Crippen molar-refractivity contribution < 1.29 is 35.7 Å². The van der Waals surface area contributed by atoms with E-state index in [2.05, 4.69) is 5.32 Å². The first-order chi connectivity index (χ1) is 18.9. The van der Waals surface area contributed by atoms with E-state index in [1.54, 1.807) is 0 Å². The van der Waals surface area contributed by atoms with E-state index in [9.17, 15) is 18.0 Å². The van der Waals surface area contributed by atoms with Crippen LogP contribution in [0.3, 0.4) is 0 Å². The number of amides is 2. The Kier molecular flexibility index (Phi) is 6.20. The van der Waals surface area contributed by atoms with Crippen LogP contribution in [0.4, 0.5) is 0 Å². The minimum atomic E-state index is -4.37. The zero-order valence-corrected chi connectivity index (χ0v) is 20.1. The molecule has 2 amide bonds. The third-order valence-electron chi connectivity index (χ3n) is 4.75. The number of nitrogens with one attached hydrogen (secondary N) is 2. The first kappa shape index (κ1) is 19.0. The molecule has 0 heterocycles. The van der Waals surface area contributed by atoms with Gasteiger partial charge in [-0.15, -0.1) is 0 Å². The molecule has 0 saturated heterocycles. The van der Waals surface area contributed by atoms with Crippen molar-refractivity contribution in [2.75, 3.05) is 20.6 Å². The summed E-state index contributed by atoms with van der Waals surface area (Å²) in [6, 6.07) is 12.8. The molecule has 0 aliphatic carbocycles. The maximum Gasteiger partial charge on any atom is 0.268 e. The first-order valence-electron chi connectivity index (χ1n) is 12.8. The van der Waals surface area contributed by atoms with Crippen LogP contribution >= 0.6 is 23.2 Å². The lowest BCUT2D eigenvalue weighted by atomic mass is 10.1. The smallest absolute Gasteiger partial charge is 0.268 e. The molecular formula is C24H22Cl2N2O6S. The van der Waals surface area contributed by atoms with Crippen LogP contribution in [-0.2, 0) is 16.4 Å². The molecule has 0 radical (unpaired) electrons. The summed E-state index contributed by atoms with van der Waals surface area (Å²) < 4.78 is 80.5. The predicted molar refractivity (Wildman–Crippen MR) is 133 cm³/mol. The van der Waals surface area contributed by atoms with Gasteiger partial charge < -0.3 is 14.8 Å². The van der Waals surface area contributed by atoms with Gasteiger partial charge in [-0.2, -0.15) is 0 Å². The molecule has 0 bridgehead atoms. The molecular weight excluding hydrogens is 517 g/mol. The average molecular weight is 545 g/mol. The van der Waals surface area contributed by atoms with E-state index < -0.39 is 41.5 Å². The highest BCUT2D eigenvalue weighted by Crippen LogP contribution is 2.24. The van der Waals surface area contributed by atoms with Crippen molar-refractivity contribution in [1.82, 2.24) is 10.0 Å². The Hall–Kier alpha value is -3.27. The van der Waals surface area contributed by atoms with Crippen LogP contribution in [0.25, 0.3) is 0 Å². The number of halogens is 2. The largest absolute Gasteiger partial charge is 0.496 e. The molecule has 0 saturated carbocycles. The van der Waals surface area contributed by atoms with E-state index in [0.29, 0.717) is 5.56 Å². The van der Waals surface area contributed by atoms with Gasteiger partial charge in [0.25, 0.3) is 21.8 Å². The molecule has 0 aliphatic rings. The molecule has 11 heteroatoms. The van der Waals surface area contributed by atoms with Gasteiger partial charge in [0.05, 0.1) is 38.3 Å². The Morgan fingerprint density at radius 2 is 1.40 bits per heavy atom. The van der Waals surface area contributed by atoms with Crippen molar-refractivity contribution in [1.29, 1.82) is 0 Å². The van der Waals surface area contributed by atoms with Gasteiger partial charge in [-0.1, -0.05) is 35.3 Å². The second kappa shape index (κ2) is 11.4. The van der Waals surface area contributed by atoms with Gasteiger partial charge in [0.1, 0.15) is 11.5 Å². The van der Waals surface area contributed by atoms with Crippen molar-refractivity contribution >= 4 is 45.0 Å². The number of methoxy groups -OCH3 is 2. The highest BCUT2D eigenvalue weighted by atomic mass is 35.5. The molecule has 3 rings (SSSR count). The Labute approximate surface area is 221 Å². The number of ether oxygens (including phenoxy) is 2. The number of carbonyl (C=O) groups is 2. The average Bonchev–Trinajstić information content (AvgIpc) is 2.84. The summed E-state index contributed by atoms with van der Waals surface area (Å²) in [4.78, 5) is 25.1. The van der Waals surface area contributed by atoms with Crippen molar-refractivity contribution in [3.63, 3.8) is 0 Å². The van der Waals surface area contributed by atoms with Crippen molar-refractivity contribution in [2.45, 2.75) is 11.3 Å². The van der Waals surface area contributed by atoms with Crippen LogP contribution in [0.5, 0.6) is 11.5 Å². The molecule has 0 spiro atoms.